The Morgan fingerprint density at radius 2 is 1.91 bits per heavy atom. The maximum absolute atomic E-state index is 9.00. The third-order valence-corrected chi connectivity index (χ3v) is 3.37. The molecule has 0 aliphatic rings. The van der Waals surface area contributed by atoms with E-state index >= 15 is 0 Å². The standard InChI is InChI=1S/C19H13N2.Er/c1-14-18(17-9-5-6-15(12-17)13-20)10-11-19(21-14)16-7-3-2-4-8-16;/h2-7,9-12H,1H3;/q-1;. The molecule has 22 heavy (non-hydrogen) atoms. The molecule has 112 valence electrons. The van der Waals surface area contributed by atoms with Crippen LogP contribution in [-0.2, 0) is 0 Å². The average molecular weight is 437 g/mol. The van der Waals surface area contributed by atoms with E-state index in [4.69, 9.17) is 5.26 Å². The fourth-order valence-electron chi connectivity index (χ4n) is 2.33. The van der Waals surface area contributed by atoms with Crippen LogP contribution in [0.5, 0.6) is 0 Å². The van der Waals surface area contributed by atoms with Crippen LogP contribution < -0.4 is 0 Å². The van der Waals surface area contributed by atoms with Crippen LogP contribution in [0.1, 0.15) is 11.3 Å². The van der Waals surface area contributed by atoms with Gasteiger partial charge >= 0.3 is 0 Å². The number of nitrogens with zero attached hydrogens (tertiary/aromatic N) is 2. The van der Waals surface area contributed by atoms with E-state index in [-0.39, 0.29) is 37.3 Å². The zero-order valence-electron chi connectivity index (χ0n) is 12.0. The molecule has 0 N–H and O–H groups in total. The molecule has 0 saturated carbocycles. The molecule has 0 saturated heterocycles. The minimum Gasteiger partial charge on any atom is -0.301 e. The van der Waals surface area contributed by atoms with Crippen molar-refractivity contribution in [2.45, 2.75) is 6.92 Å². The summed E-state index contributed by atoms with van der Waals surface area (Å²) in [6.45, 7) is 1.99. The molecule has 0 atom stereocenters. The molecule has 3 rings (SSSR count). The van der Waals surface area contributed by atoms with Gasteiger partial charge in [-0.3, -0.25) is 0 Å². The number of pyridine rings is 1. The summed E-state index contributed by atoms with van der Waals surface area (Å²) in [7, 11) is 0. The van der Waals surface area contributed by atoms with Crippen molar-refractivity contribution in [2.24, 2.45) is 0 Å². The monoisotopic (exact) mass is 435 g/mol. The second kappa shape index (κ2) is 7.55. The molecular weight excluding hydrogens is 423 g/mol. The maximum atomic E-state index is 9.00. The normalized spacial score (nSPS) is 9.64. The summed E-state index contributed by atoms with van der Waals surface area (Å²) in [6, 6.07) is 24.8. The van der Waals surface area contributed by atoms with Gasteiger partial charge in [0.15, 0.2) is 0 Å². The fourth-order valence-corrected chi connectivity index (χ4v) is 2.33. The van der Waals surface area contributed by atoms with Gasteiger partial charge in [-0.15, -0.1) is 35.9 Å². The number of aryl methyl sites for hydroxylation is 1. The van der Waals surface area contributed by atoms with Crippen LogP contribution in [0, 0.1) is 61.6 Å². The molecule has 0 radical (unpaired) electrons. The first-order valence-electron chi connectivity index (χ1n) is 6.73. The van der Waals surface area contributed by atoms with E-state index in [1.807, 2.05) is 55.5 Å². The molecule has 2 aromatic carbocycles. The summed E-state index contributed by atoms with van der Waals surface area (Å²) in [5.74, 6) is 0. The topological polar surface area (TPSA) is 36.7 Å². The van der Waals surface area contributed by atoms with Crippen LogP contribution in [0.3, 0.4) is 0 Å². The minimum absolute atomic E-state index is 0. The Balaban J connectivity index is 0.00000176. The number of rotatable bonds is 2. The SMILES string of the molecule is Cc1nc(-c2[c-]cccc2)ccc1-c1cccc(C#N)c1.[Er]. The van der Waals surface area contributed by atoms with Gasteiger partial charge in [-0.1, -0.05) is 24.3 Å². The molecule has 0 spiro atoms. The summed E-state index contributed by atoms with van der Waals surface area (Å²) >= 11 is 0. The van der Waals surface area contributed by atoms with Gasteiger partial charge in [0.05, 0.1) is 11.6 Å². The van der Waals surface area contributed by atoms with Crippen molar-refractivity contribution in [1.29, 1.82) is 5.26 Å². The van der Waals surface area contributed by atoms with Gasteiger partial charge in [0.2, 0.25) is 0 Å². The molecule has 1 aromatic heterocycles. The Kier molecular flexibility index (Phi) is 5.73. The Morgan fingerprint density at radius 1 is 1.05 bits per heavy atom. The van der Waals surface area contributed by atoms with Crippen LogP contribution in [-0.4, -0.2) is 4.98 Å². The molecule has 0 aliphatic carbocycles. The maximum Gasteiger partial charge on any atom is 0.0991 e. The first-order valence-corrected chi connectivity index (χ1v) is 6.73. The van der Waals surface area contributed by atoms with Crippen molar-refractivity contribution in [3.8, 4) is 28.5 Å². The zero-order valence-corrected chi connectivity index (χ0v) is 13.8. The number of hydrogen-bond donors (Lipinski definition) is 0. The third kappa shape index (κ3) is 3.56. The Labute approximate surface area is 160 Å². The second-order valence-electron chi connectivity index (χ2n) is 4.80. The Hall–Kier alpha value is -1.67. The molecule has 3 aromatic rings. The van der Waals surface area contributed by atoms with Gasteiger partial charge in [0.25, 0.3) is 0 Å². The smallest absolute Gasteiger partial charge is 0.0991 e. The van der Waals surface area contributed by atoms with Crippen molar-refractivity contribution in [2.75, 3.05) is 0 Å². The van der Waals surface area contributed by atoms with Crippen molar-refractivity contribution >= 4 is 0 Å². The largest absolute Gasteiger partial charge is 0.301 e. The molecular formula is C19H13ErN2-. The molecule has 0 amide bonds. The zero-order chi connectivity index (χ0) is 14.7. The summed E-state index contributed by atoms with van der Waals surface area (Å²) in [6.07, 6.45) is 0. The average Bonchev–Trinajstić information content (AvgIpc) is 2.55. The number of aromatic nitrogens is 1. The van der Waals surface area contributed by atoms with Gasteiger partial charge in [0, 0.05) is 48.6 Å². The van der Waals surface area contributed by atoms with E-state index in [0.29, 0.717) is 5.56 Å². The third-order valence-electron chi connectivity index (χ3n) is 3.37. The van der Waals surface area contributed by atoms with E-state index in [0.717, 1.165) is 28.1 Å². The van der Waals surface area contributed by atoms with E-state index in [2.05, 4.69) is 23.2 Å². The van der Waals surface area contributed by atoms with Crippen molar-refractivity contribution < 1.29 is 37.3 Å². The molecule has 1 heterocycles. The van der Waals surface area contributed by atoms with Crippen LogP contribution in [0.2, 0.25) is 0 Å². The summed E-state index contributed by atoms with van der Waals surface area (Å²) in [5.41, 5.74) is 5.56. The van der Waals surface area contributed by atoms with Gasteiger partial charge < -0.3 is 4.98 Å². The van der Waals surface area contributed by atoms with Crippen molar-refractivity contribution in [1.82, 2.24) is 4.98 Å². The first-order chi connectivity index (χ1) is 10.3. The molecule has 3 heteroatoms. The molecule has 0 fully saturated rings. The van der Waals surface area contributed by atoms with Gasteiger partial charge in [-0.25, -0.2) is 0 Å². The van der Waals surface area contributed by atoms with Gasteiger partial charge in [0.1, 0.15) is 0 Å². The summed E-state index contributed by atoms with van der Waals surface area (Å²) in [5, 5.41) is 9.00. The fraction of sp³-hybridized carbons (Fsp3) is 0.0526. The number of benzene rings is 2. The van der Waals surface area contributed by atoms with E-state index < -0.39 is 0 Å². The Bertz CT molecular complexity index is 820. The van der Waals surface area contributed by atoms with Gasteiger partial charge in [-0.05, 0) is 30.3 Å². The second-order valence-corrected chi connectivity index (χ2v) is 4.80. The van der Waals surface area contributed by atoms with Crippen molar-refractivity contribution in [3.05, 3.63) is 78.0 Å². The molecule has 2 nitrogen and oxygen atoms in total. The van der Waals surface area contributed by atoms with Crippen LogP contribution in [0.25, 0.3) is 22.4 Å². The quantitative estimate of drug-likeness (QED) is 0.559. The molecule has 0 bridgehead atoms. The summed E-state index contributed by atoms with van der Waals surface area (Å²) in [4.78, 5) is 4.66. The molecule has 0 unspecified atom stereocenters. The van der Waals surface area contributed by atoms with Crippen LogP contribution >= 0.6 is 0 Å². The number of nitriles is 1. The van der Waals surface area contributed by atoms with E-state index in [1.165, 1.54) is 0 Å². The van der Waals surface area contributed by atoms with E-state index in [9.17, 15) is 0 Å². The first kappa shape index (κ1) is 16.7. The minimum atomic E-state index is 0. The predicted octanol–water partition coefficient (Wildman–Crippen LogP) is 4.40. The number of hydrogen-bond acceptors (Lipinski definition) is 2. The predicted molar refractivity (Wildman–Crippen MR) is 83.4 cm³/mol. The van der Waals surface area contributed by atoms with Crippen LogP contribution in [0.15, 0.2) is 60.7 Å². The van der Waals surface area contributed by atoms with Gasteiger partial charge in [-0.2, -0.15) is 5.26 Å². The summed E-state index contributed by atoms with van der Waals surface area (Å²) < 4.78 is 0. The van der Waals surface area contributed by atoms with Crippen molar-refractivity contribution in [3.63, 3.8) is 0 Å². The van der Waals surface area contributed by atoms with E-state index in [1.54, 1.807) is 6.07 Å². The molecule has 0 aliphatic heterocycles. The Morgan fingerprint density at radius 3 is 2.59 bits per heavy atom. The van der Waals surface area contributed by atoms with Crippen LogP contribution in [0.4, 0.5) is 0 Å².